The van der Waals surface area contributed by atoms with E-state index >= 15 is 0 Å². The zero-order valence-electron chi connectivity index (χ0n) is 12.2. The smallest absolute Gasteiger partial charge is 0.254 e. The Bertz CT molecular complexity index is 600. The van der Waals surface area contributed by atoms with E-state index in [1.54, 1.807) is 17.1 Å². The van der Waals surface area contributed by atoms with Crippen molar-refractivity contribution in [1.29, 1.82) is 0 Å². The van der Waals surface area contributed by atoms with Crippen LogP contribution in [0.15, 0.2) is 42.7 Å². The van der Waals surface area contributed by atoms with Gasteiger partial charge in [-0.25, -0.2) is 4.68 Å². The number of hydrogen-bond acceptors (Lipinski definition) is 3. The second kappa shape index (κ2) is 6.10. The predicted molar refractivity (Wildman–Crippen MR) is 81.5 cm³/mol. The van der Waals surface area contributed by atoms with Crippen LogP contribution in [0.25, 0.3) is 5.69 Å². The number of hydrogen-bond donors (Lipinski definition) is 1. The molecular weight excluding hydrogens is 264 g/mol. The van der Waals surface area contributed by atoms with Crippen molar-refractivity contribution in [2.45, 2.75) is 18.9 Å². The van der Waals surface area contributed by atoms with Gasteiger partial charge in [-0.2, -0.15) is 5.10 Å². The van der Waals surface area contributed by atoms with Crippen LogP contribution >= 0.6 is 0 Å². The van der Waals surface area contributed by atoms with E-state index in [9.17, 15) is 4.79 Å². The molecule has 1 aromatic heterocycles. The molecule has 110 valence electrons. The third-order valence-electron chi connectivity index (χ3n) is 3.92. The van der Waals surface area contributed by atoms with Gasteiger partial charge in [-0.1, -0.05) is 18.2 Å². The van der Waals surface area contributed by atoms with E-state index in [0.29, 0.717) is 5.56 Å². The Hall–Kier alpha value is -2.14. The third-order valence-corrected chi connectivity index (χ3v) is 3.92. The first-order valence-corrected chi connectivity index (χ1v) is 7.32. The van der Waals surface area contributed by atoms with Gasteiger partial charge >= 0.3 is 0 Å². The summed E-state index contributed by atoms with van der Waals surface area (Å²) in [6.07, 6.45) is 5.42. The maximum Gasteiger partial charge on any atom is 0.254 e. The molecule has 1 N–H and O–H groups in total. The largest absolute Gasteiger partial charge is 0.349 e. The summed E-state index contributed by atoms with van der Waals surface area (Å²) in [7, 11) is 2.11. The molecule has 5 heteroatoms. The number of likely N-dealkylation sites (tertiary alicyclic amines) is 1. The molecule has 21 heavy (non-hydrogen) atoms. The maximum absolute atomic E-state index is 12.3. The van der Waals surface area contributed by atoms with Crippen LogP contribution in [0.5, 0.6) is 0 Å². The van der Waals surface area contributed by atoms with Crippen LogP contribution in [0.2, 0.25) is 0 Å². The Morgan fingerprint density at radius 3 is 2.67 bits per heavy atom. The lowest BCUT2D eigenvalue weighted by Gasteiger charge is -2.29. The molecular formula is C16H20N4O. The van der Waals surface area contributed by atoms with Crippen LogP contribution in [0.4, 0.5) is 0 Å². The van der Waals surface area contributed by atoms with E-state index in [1.807, 2.05) is 30.3 Å². The van der Waals surface area contributed by atoms with Gasteiger partial charge in [-0.3, -0.25) is 4.79 Å². The van der Waals surface area contributed by atoms with Crippen LogP contribution in [0.1, 0.15) is 23.2 Å². The minimum Gasteiger partial charge on any atom is -0.349 e. The number of nitrogens with zero attached hydrogens (tertiary/aromatic N) is 3. The van der Waals surface area contributed by atoms with Gasteiger partial charge in [0.25, 0.3) is 5.91 Å². The molecule has 0 saturated carbocycles. The first-order chi connectivity index (χ1) is 10.2. The summed E-state index contributed by atoms with van der Waals surface area (Å²) >= 11 is 0. The lowest BCUT2D eigenvalue weighted by atomic mass is 10.1. The van der Waals surface area contributed by atoms with Gasteiger partial charge in [0.1, 0.15) is 0 Å². The summed E-state index contributed by atoms with van der Waals surface area (Å²) in [6, 6.07) is 10.1. The molecule has 0 unspecified atom stereocenters. The number of carbonyl (C=O) groups excluding carboxylic acids is 1. The standard InChI is InChI=1S/C16H20N4O/c1-19-9-7-14(8-10-19)18-16(21)13-11-17-20(12-13)15-5-3-2-4-6-15/h2-6,11-12,14H,7-10H2,1H3,(H,18,21). The topological polar surface area (TPSA) is 50.2 Å². The van der Waals surface area contributed by atoms with Crippen molar-refractivity contribution in [2.24, 2.45) is 0 Å². The van der Waals surface area contributed by atoms with Gasteiger partial charge in [0, 0.05) is 12.2 Å². The highest BCUT2D eigenvalue weighted by atomic mass is 16.1. The van der Waals surface area contributed by atoms with Crippen molar-refractivity contribution in [2.75, 3.05) is 20.1 Å². The van der Waals surface area contributed by atoms with Crippen LogP contribution in [-0.4, -0.2) is 46.8 Å². The molecule has 1 saturated heterocycles. The summed E-state index contributed by atoms with van der Waals surface area (Å²) in [6.45, 7) is 2.07. The number of piperidine rings is 1. The number of carbonyl (C=O) groups is 1. The first-order valence-electron chi connectivity index (χ1n) is 7.32. The second-order valence-corrected chi connectivity index (χ2v) is 5.56. The van der Waals surface area contributed by atoms with Crippen molar-refractivity contribution >= 4 is 5.91 Å². The van der Waals surface area contributed by atoms with Crippen molar-refractivity contribution in [1.82, 2.24) is 20.0 Å². The fraction of sp³-hybridized carbons (Fsp3) is 0.375. The van der Waals surface area contributed by atoms with E-state index in [-0.39, 0.29) is 11.9 Å². The normalized spacial score (nSPS) is 16.8. The summed E-state index contributed by atoms with van der Waals surface area (Å²) < 4.78 is 1.73. The molecule has 1 fully saturated rings. The third kappa shape index (κ3) is 3.31. The van der Waals surface area contributed by atoms with Gasteiger partial charge in [0.15, 0.2) is 0 Å². The molecule has 5 nitrogen and oxygen atoms in total. The molecule has 0 spiro atoms. The SMILES string of the molecule is CN1CCC(NC(=O)c2cnn(-c3ccccc3)c2)CC1. The number of benzene rings is 1. The number of amides is 1. The number of nitrogens with one attached hydrogen (secondary N) is 1. The molecule has 3 rings (SSSR count). The van der Waals surface area contributed by atoms with E-state index in [2.05, 4.69) is 22.4 Å². The van der Waals surface area contributed by atoms with Crippen molar-refractivity contribution in [3.05, 3.63) is 48.3 Å². The van der Waals surface area contributed by atoms with Crippen molar-refractivity contribution in [3.63, 3.8) is 0 Å². The number of para-hydroxylation sites is 1. The monoisotopic (exact) mass is 284 g/mol. The highest BCUT2D eigenvalue weighted by Crippen LogP contribution is 2.11. The van der Waals surface area contributed by atoms with E-state index in [1.165, 1.54) is 0 Å². The molecule has 0 radical (unpaired) electrons. The lowest BCUT2D eigenvalue weighted by molar-refractivity contribution is 0.0917. The summed E-state index contributed by atoms with van der Waals surface area (Å²) in [4.78, 5) is 14.5. The molecule has 2 aromatic rings. The van der Waals surface area contributed by atoms with Crippen LogP contribution < -0.4 is 5.32 Å². The summed E-state index contributed by atoms with van der Waals surface area (Å²) in [5, 5.41) is 7.36. The number of aromatic nitrogens is 2. The predicted octanol–water partition coefficient (Wildman–Crippen LogP) is 1.70. The fourth-order valence-electron chi connectivity index (χ4n) is 2.58. The van der Waals surface area contributed by atoms with Crippen LogP contribution in [0, 0.1) is 0 Å². The van der Waals surface area contributed by atoms with Gasteiger partial charge in [-0.15, -0.1) is 0 Å². The molecule has 0 bridgehead atoms. The zero-order valence-corrected chi connectivity index (χ0v) is 12.2. The second-order valence-electron chi connectivity index (χ2n) is 5.56. The lowest BCUT2D eigenvalue weighted by Crippen LogP contribution is -2.43. The molecule has 1 aliphatic rings. The Kier molecular flexibility index (Phi) is 4.01. The van der Waals surface area contributed by atoms with E-state index < -0.39 is 0 Å². The van der Waals surface area contributed by atoms with Gasteiger partial charge in [-0.05, 0) is 45.1 Å². The average Bonchev–Trinajstić information content (AvgIpc) is 3.00. The Morgan fingerprint density at radius 2 is 1.95 bits per heavy atom. The van der Waals surface area contributed by atoms with Gasteiger partial charge < -0.3 is 10.2 Å². The molecule has 0 atom stereocenters. The Balaban J connectivity index is 1.64. The molecule has 2 heterocycles. The minimum atomic E-state index is -0.0354. The van der Waals surface area contributed by atoms with Crippen molar-refractivity contribution < 1.29 is 4.79 Å². The Labute approximate surface area is 124 Å². The maximum atomic E-state index is 12.3. The van der Waals surface area contributed by atoms with Gasteiger partial charge in [0.2, 0.25) is 0 Å². The zero-order chi connectivity index (χ0) is 14.7. The highest BCUT2D eigenvalue weighted by Gasteiger charge is 2.19. The van der Waals surface area contributed by atoms with Gasteiger partial charge in [0.05, 0.1) is 17.4 Å². The summed E-state index contributed by atoms with van der Waals surface area (Å²) in [5.41, 5.74) is 1.56. The minimum absolute atomic E-state index is 0.0354. The van der Waals surface area contributed by atoms with Crippen LogP contribution in [-0.2, 0) is 0 Å². The Morgan fingerprint density at radius 1 is 1.24 bits per heavy atom. The molecule has 1 amide bonds. The van der Waals surface area contributed by atoms with Crippen molar-refractivity contribution in [3.8, 4) is 5.69 Å². The van der Waals surface area contributed by atoms with E-state index in [4.69, 9.17) is 0 Å². The average molecular weight is 284 g/mol. The highest BCUT2D eigenvalue weighted by molar-refractivity contribution is 5.94. The fourth-order valence-corrected chi connectivity index (χ4v) is 2.58. The first kappa shape index (κ1) is 13.8. The molecule has 1 aromatic carbocycles. The molecule has 1 aliphatic heterocycles. The van der Waals surface area contributed by atoms with E-state index in [0.717, 1.165) is 31.6 Å². The number of rotatable bonds is 3. The quantitative estimate of drug-likeness (QED) is 0.933. The summed E-state index contributed by atoms with van der Waals surface area (Å²) in [5.74, 6) is -0.0354. The van der Waals surface area contributed by atoms with Crippen LogP contribution in [0.3, 0.4) is 0 Å². The molecule has 0 aliphatic carbocycles.